The molecule has 4 atom stereocenters. The number of hydrogen-bond acceptors (Lipinski definition) is 1. The summed E-state index contributed by atoms with van der Waals surface area (Å²) in [6, 6.07) is 10.9. The van der Waals surface area contributed by atoms with E-state index in [1.807, 2.05) is 6.08 Å². The van der Waals surface area contributed by atoms with E-state index in [-0.39, 0.29) is 16.2 Å². The number of amides is 1. The molecular formula is C26H31NO. The monoisotopic (exact) mass is 373 g/mol. The highest BCUT2D eigenvalue weighted by molar-refractivity contribution is 5.86. The van der Waals surface area contributed by atoms with Crippen LogP contribution in [-0.4, -0.2) is 23.9 Å². The number of carbonyl (C=O) groups is 1. The van der Waals surface area contributed by atoms with Crippen molar-refractivity contribution in [3.63, 3.8) is 0 Å². The molecule has 2 heteroatoms. The molecule has 0 N–H and O–H groups in total. The first-order valence-electron chi connectivity index (χ1n) is 10.9. The van der Waals surface area contributed by atoms with Crippen molar-refractivity contribution in [3.05, 3.63) is 47.5 Å². The molecule has 1 aliphatic heterocycles. The van der Waals surface area contributed by atoms with Crippen molar-refractivity contribution in [2.45, 2.75) is 57.8 Å². The van der Waals surface area contributed by atoms with Crippen molar-refractivity contribution >= 4 is 5.91 Å². The fourth-order valence-electron chi connectivity index (χ4n) is 7.36. The standard InChI is InChI=1S/C26H31NO/c1-4-9-21-19-14-25(20-10-6-5-7-11-20)16-22(21)26(15-19,17-25)23(28)27-13-8-12-24(2,3)18-27/h1,5-7,9-11,19,22H,8,12-18H2,2-3H3/b21-9-. The van der Waals surface area contributed by atoms with Crippen molar-refractivity contribution in [1.29, 1.82) is 0 Å². The molecule has 4 saturated carbocycles. The van der Waals surface area contributed by atoms with Crippen LogP contribution in [-0.2, 0) is 10.2 Å². The second-order valence-electron chi connectivity index (χ2n) is 10.6. The molecule has 1 aromatic carbocycles. The van der Waals surface area contributed by atoms with Crippen LogP contribution in [0.4, 0.5) is 0 Å². The van der Waals surface area contributed by atoms with E-state index < -0.39 is 0 Å². The smallest absolute Gasteiger partial charge is 0.229 e. The molecule has 1 amide bonds. The summed E-state index contributed by atoms with van der Waals surface area (Å²) in [5.41, 5.74) is 2.99. The number of nitrogens with zero attached hydrogens (tertiary/aromatic N) is 1. The molecular weight excluding hydrogens is 342 g/mol. The van der Waals surface area contributed by atoms with Crippen LogP contribution in [0.25, 0.3) is 0 Å². The highest BCUT2D eigenvalue weighted by Gasteiger charge is 2.69. The van der Waals surface area contributed by atoms with Crippen LogP contribution >= 0.6 is 0 Å². The number of benzene rings is 1. The number of allylic oxidation sites excluding steroid dienone is 2. The van der Waals surface area contributed by atoms with Crippen LogP contribution in [0, 0.1) is 35.0 Å². The Morgan fingerprint density at radius 3 is 2.71 bits per heavy atom. The van der Waals surface area contributed by atoms with Gasteiger partial charge in [0, 0.05) is 13.1 Å². The zero-order valence-electron chi connectivity index (χ0n) is 17.2. The van der Waals surface area contributed by atoms with Crippen LogP contribution in [0.2, 0.25) is 0 Å². The molecule has 4 unspecified atom stereocenters. The minimum atomic E-state index is -0.227. The van der Waals surface area contributed by atoms with Crippen LogP contribution in [0.15, 0.2) is 42.0 Å². The molecule has 2 nitrogen and oxygen atoms in total. The lowest BCUT2D eigenvalue weighted by atomic mass is 9.62. The molecule has 146 valence electrons. The Kier molecular flexibility index (Phi) is 3.86. The van der Waals surface area contributed by atoms with Crippen LogP contribution in [0.1, 0.15) is 57.9 Å². The number of likely N-dealkylation sites (tertiary alicyclic amines) is 1. The number of hydrogen-bond donors (Lipinski definition) is 0. The van der Waals surface area contributed by atoms with Gasteiger partial charge in [-0.25, -0.2) is 0 Å². The molecule has 0 radical (unpaired) electrons. The Morgan fingerprint density at radius 1 is 1.21 bits per heavy atom. The Labute approximate surface area is 169 Å². The number of carbonyl (C=O) groups excluding carboxylic acids is 1. The van der Waals surface area contributed by atoms with E-state index in [1.54, 1.807) is 0 Å². The topological polar surface area (TPSA) is 20.3 Å². The summed E-state index contributed by atoms with van der Waals surface area (Å²) in [6.07, 6.45) is 14.3. The first-order valence-corrected chi connectivity index (χ1v) is 10.9. The first kappa shape index (κ1) is 18.0. The third kappa shape index (κ3) is 2.45. The Bertz CT molecular complexity index is 875. The lowest BCUT2D eigenvalue weighted by Gasteiger charge is -2.45. The molecule has 5 fully saturated rings. The molecule has 4 aliphatic carbocycles. The van der Waals surface area contributed by atoms with E-state index in [1.165, 1.54) is 17.6 Å². The minimum Gasteiger partial charge on any atom is -0.342 e. The third-order valence-corrected chi connectivity index (χ3v) is 8.29. The predicted octanol–water partition coefficient (Wildman–Crippen LogP) is 4.95. The summed E-state index contributed by atoms with van der Waals surface area (Å²) >= 11 is 0. The second-order valence-corrected chi connectivity index (χ2v) is 10.6. The molecule has 28 heavy (non-hydrogen) atoms. The van der Waals surface area contributed by atoms with Gasteiger partial charge in [0.15, 0.2) is 0 Å². The van der Waals surface area contributed by atoms with Gasteiger partial charge < -0.3 is 4.90 Å². The lowest BCUT2D eigenvalue weighted by Crippen LogP contribution is -2.51. The Hall–Kier alpha value is -2.01. The van der Waals surface area contributed by atoms with Gasteiger partial charge in [-0.3, -0.25) is 4.79 Å². The SMILES string of the molecule is C#C/C=C1/C2CC3(c4ccccc4)CC1C(C(=O)N1CCCC(C)(C)C1)(C2)C3. The summed E-state index contributed by atoms with van der Waals surface area (Å²) in [4.78, 5) is 16.2. The number of piperidine rings is 1. The van der Waals surface area contributed by atoms with Crippen molar-refractivity contribution in [3.8, 4) is 12.3 Å². The average Bonchev–Trinajstić information content (AvgIpc) is 3.05. The molecule has 4 bridgehead atoms. The Balaban J connectivity index is 1.55. The summed E-state index contributed by atoms with van der Waals surface area (Å²) in [7, 11) is 0. The Morgan fingerprint density at radius 2 is 2.00 bits per heavy atom. The first-order chi connectivity index (χ1) is 13.4. The summed E-state index contributed by atoms with van der Waals surface area (Å²) in [6.45, 7) is 6.43. The maximum Gasteiger partial charge on any atom is 0.229 e. The second kappa shape index (κ2) is 5.99. The largest absolute Gasteiger partial charge is 0.342 e. The number of rotatable bonds is 2. The molecule has 1 heterocycles. The maximum atomic E-state index is 14.0. The van der Waals surface area contributed by atoms with Gasteiger partial charge >= 0.3 is 0 Å². The fourth-order valence-corrected chi connectivity index (χ4v) is 7.36. The molecule has 1 saturated heterocycles. The van der Waals surface area contributed by atoms with E-state index in [4.69, 9.17) is 6.42 Å². The van der Waals surface area contributed by atoms with E-state index >= 15 is 0 Å². The van der Waals surface area contributed by atoms with Gasteiger partial charge in [-0.2, -0.15) is 0 Å². The van der Waals surface area contributed by atoms with Gasteiger partial charge in [0.25, 0.3) is 0 Å². The summed E-state index contributed by atoms with van der Waals surface area (Å²) in [5.74, 6) is 4.03. The molecule has 1 aromatic rings. The van der Waals surface area contributed by atoms with Gasteiger partial charge in [-0.1, -0.05) is 55.7 Å². The highest BCUT2D eigenvalue weighted by atomic mass is 16.2. The molecule has 6 rings (SSSR count). The van der Waals surface area contributed by atoms with Gasteiger partial charge in [0.1, 0.15) is 0 Å². The van der Waals surface area contributed by atoms with Gasteiger partial charge in [0.05, 0.1) is 5.41 Å². The summed E-state index contributed by atoms with van der Waals surface area (Å²) in [5, 5.41) is 0. The molecule has 0 spiro atoms. The highest BCUT2D eigenvalue weighted by Crippen LogP contribution is 2.73. The van der Waals surface area contributed by atoms with Gasteiger partial charge in [0.2, 0.25) is 5.91 Å². The average molecular weight is 374 g/mol. The van der Waals surface area contributed by atoms with Crippen LogP contribution in [0.3, 0.4) is 0 Å². The summed E-state index contributed by atoms with van der Waals surface area (Å²) < 4.78 is 0. The van der Waals surface area contributed by atoms with Crippen molar-refractivity contribution < 1.29 is 4.79 Å². The van der Waals surface area contributed by atoms with E-state index in [9.17, 15) is 4.79 Å². The van der Waals surface area contributed by atoms with Crippen molar-refractivity contribution in [1.82, 2.24) is 4.90 Å². The quantitative estimate of drug-likeness (QED) is 0.672. The zero-order chi connectivity index (χ0) is 19.6. The third-order valence-electron chi connectivity index (χ3n) is 8.29. The van der Waals surface area contributed by atoms with Crippen LogP contribution in [0.5, 0.6) is 0 Å². The van der Waals surface area contributed by atoms with E-state index in [0.717, 1.165) is 45.2 Å². The van der Waals surface area contributed by atoms with Crippen LogP contribution < -0.4 is 0 Å². The van der Waals surface area contributed by atoms with Crippen molar-refractivity contribution in [2.75, 3.05) is 13.1 Å². The van der Waals surface area contributed by atoms with E-state index in [2.05, 4.69) is 55.0 Å². The normalized spacial score (nSPS) is 39.3. The fraction of sp³-hybridized carbons (Fsp3) is 0.577. The maximum absolute atomic E-state index is 14.0. The van der Waals surface area contributed by atoms with E-state index in [0.29, 0.717) is 17.7 Å². The number of terminal acetylenes is 1. The van der Waals surface area contributed by atoms with Gasteiger partial charge in [-0.05, 0) is 72.8 Å². The molecule has 5 aliphatic rings. The minimum absolute atomic E-state index is 0.155. The van der Waals surface area contributed by atoms with Gasteiger partial charge in [-0.15, -0.1) is 6.42 Å². The lowest BCUT2D eigenvalue weighted by molar-refractivity contribution is -0.147. The predicted molar refractivity (Wildman–Crippen MR) is 113 cm³/mol. The zero-order valence-corrected chi connectivity index (χ0v) is 17.2. The van der Waals surface area contributed by atoms with Crippen molar-refractivity contribution in [2.24, 2.45) is 22.7 Å². The molecule has 0 aromatic heterocycles.